The van der Waals surface area contributed by atoms with Crippen molar-refractivity contribution in [3.63, 3.8) is 0 Å². The summed E-state index contributed by atoms with van der Waals surface area (Å²) in [4.78, 5) is 21.4. The number of unbranched alkanes of at least 4 members (excludes halogenated alkanes) is 2. The fraction of sp³-hybridized carbons (Fsp3) is 1.00. The molecule has 0 amide bonds. The summed E-state index contributed by atoms with van der Waals surface area (Å²) in [7, 11) is -6.91. The molecule has 0 aromatic rings. The maximum Gasteiger partial charge on any atom is 2.00 e. The van der Waals surface area contributed by atoms with Crippen LogP contribution in [0.4, 0.5) is 0 Å². The second kappa shape index (κ2) is 15.7. The molecular formula is C12H28CoO6P2. The number of rotatable bonds is 10. The van der Waals surface area contributed by atoms with Gasteiger partial charge in [-0.05, 0) is 12.8 Å². The van der Waals surface area contributed by atoms with E-state index in [-0.39, 0.29) is 29.1 Å². The van der Waals surface area contributed by atoms with Crippen LogP contribution in [0.15, 0.2) is 0 Å². The Labute approximate surface area is 139 Å². The molecule has 0 bridgehead atoms. The first kappa shape index (κ1) is 26.7. The van der Waals surface area contributed by atoms with Crippen LogP contribution < -0.4 is 9.79 Å². The summed E-state index contributed by atoms with van der Waals surface area (Å²) in [6.45, 7) is 7.83. The minimum atomic E-state index is -3.45. The van der Waals surface area contributed by atoms with Gasteiger partial charge in [0.05, 0.1) is 13.2 Å². The summed E-state index contributed by atoms with van der Waals surface area (Å²) in [6.07, 6.45) is 3.74. The molecule has 9 heteroatoms. The zero-order valence-electron chi connectivity index (χ0n) is 13.3. The first-order valence-corrected chi connectivity index (χ1v) is 10.6. The fourth-order valence-electron chi connectivity index (χ4n) is 0.879. The van der Waals surface area contributed by atoms with Crippen LogP contribution in [0.25, 0.3) is 0 Å². The van der Waals surface area contributed by atoms with Crippen LogP contribution >= 0.6 is 15.2 Å². The first-order chi connectivity index (χ1) is 9.24. The van der Waals surface area contributed by atoms with Crippen LogP contribution in [0.5, 0.6) is 0 Å². The van der Waals surface area contributed by atoms with Gasteiger partial charge in [0.1, 0.15) is 15.2 Å². The van der Waals surface area contributed by atoms with E-state index in [4.69, 9.17) is 0 Å². The average Bonchev–Trinajstić information content (AvgIpc) is 2.40. The van der Waals surface area contributed by atoms with Gasteiger partial charge in [0.15, 0.2) is 0 Å². The largest absolute Gasteiger partial charge is 2.00 e. The maximum atomic E-state index is 10.7. The smallest absolute Gasteiger partial charge is 0.779 e. The van der Waals surface area contributed by atoms with Crippen molar-refractivity contribution in [3.8, 4) is 0 Å². The summed E-state index contributed by atoms with van der Waals surface area (Å²) < 4.78 is 30.6. The van der Waals surface area contributed by atoms with E-state index in [1.165, 1.54) is 0 Å². The maximum absolute atomic E-state index is 10.7. The van der Waals surface area contributed by atoms with Crippen LogP contribution in [0.1, 0.15) is 53.4 Å². The molecule has 0 aliphatic carbocycles. The van der Waals surface area contributed by atoms with E-state index in [0.717, 1.165) is 25.7 Å². The predicted molar refractivity (Wildman–Crippen MR) is 78.0 cm³/mol. The average molecular weight is 389 g/mol. The van der Waals surface area contributed by atoms with Crippen molar-refractivity contribution >= 4 is 15.2 Å². The van der Waals surface area contributed by atoms with Gasteiger partial charge < -0.3 is 28.0 Å². The molecule has 0 spiro atoms. The summed E-state index contributed by atoms with van der Waals surface area (Å²) >= 11 is 0. The van der Waals surface area contributed by atoms with Crippen molar-refractivity contribution in [1.82, 2.24) is 0 Å². The molecule has 0 saturated carbocycles. The number of hydrogen-bond donors (Lipinski definition) is 0. The zero-order valence-corrected chi connectivity index (χ0v) is 16.2. The quantitative estimate of drug-likeness (QED) is 0.421. The van der Waals surface area contributed by atoms with Crippen LogP contribution in [0.2, 0.25) is 0 Å². The molecule has 0 N–H and O–H groups in total. The van der Waals surface area contributed by atoms with Crippen molar-refractivity contribution in [2.45, 2.75) is 53.4 Å². The molecule has 0 aromatic heterocycles. The van der Waals surface area contributed by atoms with Crippen LogP contribution in [-0.2, 0) is 35.0 Å². The summed E-state index contributed by atoms with van der Waals surface area (Å²) in [5, 5.41) is 0. The van der Waals surface area contributed by atoms with Gasteiger partial charge in [-0.1, -0.05) is 40.5 Å². The fourth-order valence-corrected chi connectivity index (χ4v) is 2.06. The molecule has 2 unspecified atom stereocenters. The molecule has 0 aliphatic rings. The van der Waals surface area contributed by atoms with Crippen molar-refractivity contribution in [3.05, 3.63) is 0 Å². The van der Waals surface area contributed by atoms with Gasteiger partial charge in [0.25, 0.3) is 0 Å². The Kier molecular flexibility index (Phi) is 19.9. The van der Waals surface area contributed by atoms with Gasteiger partial charge in [-0.3, -0.25) is 0 Å². The Balaban J connectivity index is -0.000000295. The Bertz CT molecular complexity index is 284. The topological polar surface area (TPSA) is 98.7 Å². The third kappa shape index (κ3) is 20.8. The third-order valence-corrected chi connectivity index (χ3v) is 5.05. The second-order valence-corrected chi connectivity index (χ2v) is 8.45. The summed E-state index contributed by atoms with van der Waals surface area (Å²) in [5.74, 6) is 0. The minimum absolute atomic E-state index is 0. The van der Waals surface area contributed by atoms with Gasteiger partial charge >= 0.3 is 16.8 Å². The van der Waals surface area contributed by atoms with Crippen molar-refractivity contribution < 1.29 is 44.7 Å². The standard InChI is InChI=1S/2C6H15O3P.Co/c2*1-3-5-6-9-10(7,8)4-2;/h2*3-6H2,1-2H3,(H,7,8);/q;;+2/p-2. The molecule has 0 aliphatic heterocycles. The van der Waals surface area contributed by atoms with Crippen LogP contribution in [0, 0.1) is 0 Å². The summed E-state index contributed by atoms with van der Waals surface area (Å²) in [5.41, 5.74) is 0. The van der Waals surface area contributed by atoms with E-state index in [1.807, 2.05) is 13.8 Å². The van der Waals surface area contributed by atoms with Gasteiger partial charge in [-0.25, -0.2) is 0 Å². The van der Waals surface area contributed by atoms with Gasteiger partial charge in [0, 0.05) is 12.3 Å². The van der Waals surface area contributed by atoms with Crippen LogP contribution in [-0.4, -0.2) is 25.5 Å². The Morgan fingerprint density at radius 2 is 1.05 bits per heavy atom. The number of hydrogen-bond acceptors (Lipinski definition) is 6. The Hall–Kier alpha value is 0.806. The normalized spacial score (nSPS) is 15.9. The van der Waals surface area contributed by atoms with E-state index in [1.54, 1.807) is 13.8 Å². The molecular weight excluding hydrogens is 361 g/mol. The monoisotopic (exact) mass is 389 g/mol. The zero-order chi connectivity index (χ0) is 16.1. The molecule has 0 saturated heterocycles. The molecule has 21 heavy (non-hydrogen) atoms. The molecule has 131 valence electrons. The Morgan fingerprint density at radius 3 is 1.24 bits per heavy atom. The van der Waals surface area contributed by atoms with Gasteiger partial charge in [-0.2, -0.15) is 0 Å². The SMILES string of the molecule is CCCCOP(=O)([O-])CC.CCCCOP(=O)([O-])CC.[Co+2]. The van der Waals surface area contributed by atoms with Crippen molar-refractivity contribution in [1.29, 1.82) is 0 Å². The Morgan fingerprint density at radius 1 is 0.762 bits per heavy atom. The van der Waals surface area contributed by atoms with Crippen molar-refractivity contribution in [2.24, 2.45) is 0 Å². The molecule has 1 radical (unpaired) electrons. The van der Waals surface area contributed by atoms with Crippen LogP contribution in [0.3, 0.4) is 0 Å². The van der Waals surface area contributed by atoms with E-state index in [2.05, 4.69) is 9.05 Å². The summed E-state index contributed by atoms with van der Waals surface area (Å²) in [6, 6.07) is 0. The molecule has 6 nitrogen and oxygen atoms in total. The van der Waals surface area contributed by atoms with E-state index < -0.39 is 15.2 Å². The van der Waals surface area contributed by atoms with E-state index >= 15 is 0 Å². The molecule has 2 atom stereocenters. The van der Waals surface area contributed by atoms with E-state index in [0.29, 0.717) is 13.2 Å². The third-order valence-electron chi connectivity index (χ3n) is 2.35. The molecule has 0 fully saturated rings. The predicted octanol–water partition coefficient (Wildman–Crippen LogP) is 2.75. The van der Waals surface area contributed by atoms with E-state index in [9.17, 15) is 18.9 Å². The minimum Gasteiger partial charge on any atom is -0.779 e. The molecule has 0 aromatic carbocycles. The van der Waals surface area contributed by atoms with Crippen molar-refractivity contribution in [2.75, 3.05) is 25.5 Å². The molecule has 0 rings (SSSR count). The first-order valence-electron chi connectivity index (χ1n) is 7.13. The molecule has 0 heterocycles. The second-order valence-electron chi connectivity index (χ2n) is 4.23. The van der Waals surface area contributed by atoms with Gasteiger partial charge in [-0.15, -0.1) is 0 Å². The van der Waals surface area contributed by atoms with Gasteiger partial charge in [0.2, 0.25) is 0 Å².